The van der Waals surface area contributed by atoms with E-state index in [1.165, 1.54) is 36.4 Å². The maximum atomic E-state index is 13.5. The van der Waals surface area contributed by atoms with Crippen LogP contribution < -0.4 is 105 Å². The molecule has 0 radical (unpaired) electrons. The lowest BCUT2D eigenvalue weighted by atomic mass is 9.94. The minimum Gasteiger partial charge on any atom is -0.496 e. The highest BCUT2D eigenvalue weighted by Crippen LogP contribution is 2.55. The van der Waals surface area contributed by atoms with Crippen molar-refractivity contribution in [3.63, 3.8) is 0 Å². The lowest BCUT2D eigenvalue weighted by molar-refractivity contribution is -0.143. The Morgan fingerprint density at radius 3 is 0.971 bits per heavy atom. The minimum atomic E-state index is -4.99. The molecule has 21 nitrogen and oxygen atoms in total. The van der Waals surface area contributed by atoms with E-state index in [-0.39, 0.29) is 95.7 Å². The zero-order valence-electron chi connectivity index (χ0n) is 72.9. The summed E-state index contributed by atoms with van der Waals surface area (Å²) in [6, 6.07) is 51.4. The molecule has 0 aromatic heterocycles. The summed E-state index contributed by atoms with van der Waals surface area (Å²) >= 11 is 49.1. The van der Waals surface area contributed by atoms with Crippen molar-refractivity contribution in [3.8, 4) is 153 Å². The van der Waals surface area contributed by atoms with Crippen LogP contribution in [0.4, 0.5) is 39.5 Å². The van der Waals surface area contributed by atoms with Crippen LogP contribution in [0.25, 0.3) is 66.8 Å². The first-order chi connectivity index (χ1) is 65.0. The Morgan fingerprint density at radius 2 is 0.596 bits per heavy atom. The van der Waals surface area contributed by atoms with Gasteiger partial charge in [-0.2, -0.15) is 39.5 Å². The number of para-hydroxylation sites is 2. The Hall–Kier alpha value is -10.9. The molecule has 12 N–H and O–H groups in total. The van der Waals surface area contributed by atoms with E-state index in [0.717, 1.165) is 68.0 Å². The van der Waals surface area contributed by atoms with Crippen molar-refractivity contribution in [1.29, 1.82) is 0 Å². The molecule has 0 spiro atoms. The number of methoxy groups -OCH3 is 3. The van der Waals surface area contributed by atoms with Gasteiger partial charge in [0.1, 0.15) is 82.0 Å². The lowest BCUT2D eigenvalue weighted by Crippen LogP contribution is -2.36. The van der Waals surface area contributed by atoms with Crippen LogP contribution in [0.5, 0.6) is 86.2 Å². The molecular weight excluding hydrogens is 1960 g/mol. The van der Waals surface area contributed by atoms with Crippen molar-refractivity contribution in [2.24, 2.45) is 34.4 Å². The van der Waals surface area contributed by atoms with Crippen LogP contribution in [0.3, 0.4) is 0 Å². The molecule has 38 heteroatoms. The van der Waals surface area contributed by atoms with Gasteiger partial charge in [-0.25, -0.2) is 0 Å². The second-order valence-electron chi connectivity index (χ2n) is 30.9. The quantitative estimate of drug-likeness (QED) is 0.0520. The van der Waals surface area contributed by atoms with Crippen molar-refractivity contribution < 1.29 is 111 Å². The average Bonchev–Trinajstić information content (AvgIpc) is 0.762. The zero-order valence-corrected chi connectivity index (χ0v) is 79.0. The highest BCUT2D eigenvalue weighted by Gasteiger charge is 2.42. The van der Waals surface area contributed by atoms with Gasteiger partial charge in [-0.05, 0) is 139 Å². The van der Waals surface area contributed by atoms with Crippen LogP contribution in [-0.4, -0.2) is 137 Å². The molecule has 12 aromatic rings. The highest BCUT2D eigenvalue weighted by atomic mass is 35.5. The largest absolute Gasteiger partial charge is 0.496 e. The molecule has 18 rings (SSSR count). The third-order valence-electron chi connectivity index (χ3n) is 21.4. The third-order valence-corrected chi connectivity index (χ3v) is 23.3. The number of aryl methyl sites for hydroxylation is 2. The monoisotopic (exact) mass is 2040 g/mol. The summed E-state index contributed by atoms with van der Waals surface area (Å²) in [6.07, 6.45) is -16.1. The first-order valence-electron chi connectivity index (χ1n) is 41.8. The maximum absolute atomic E-state index is 13.5. The molecule has 0 unspecified atom stereocenters. The molecule has 6 aliphatic heterocycles. The van der Waals surface area contributed by atoms with Crippen LogP contribution in [0, 0.1) is 13.8 Å². The molecule has 0 amide bonds. The van der Waals surface area contributed by atoms with E-state index in [9.17, 15) is 39.5 Å². The summed E-state index contributed by atoms with van der Waals surface area (Å²) in [5.74, 6) is 7.83. The van der Waals surface area contributed by atoms with Gasteiger partial charge < -0.3 is 105 Å². The Bertz CT molecular complexity index is 6170. The van der Waals surface area contributed by atoms with Crippen LogP contribution in [0.1, 0.15) is 27.8 Å². The van der Waals surface area contributed by atoms with Gasteiger partial charge in [0.2, 0.25) is 0 Å². The number of halogens is 17. The summed E-state index contributed by atoms with van der Waals surface area (Å²) in [4.78, 5) is 0. The number of rotatable bonds is 15. The molecule has 6 atom stereocenters. The second kappa shape index (κ2) is 45.1. The predicted octanol–water partition coefficient (Wildman–Crippen LogP) is 23.6. The fourth-order valence-corrected chi connectivity index (χ4v) is 16.7. The van der Waals surface area contributed by atoms with Crippen LogP contribution in [0.2, 0.25) is 40.2 Å². The van der Waals surface area contributed by atoms with Crippen molar-refractivity contribution in [1.82, 2.24) is 0 Å². The van der Waals surface area contributed by atoms with Crippen LogP contribution in [-0.2, 0) is 18.5 Å². The van der Waals surface area contributed by atoms with Gasteiger partial charge in [0.25, 0.3) is 0 Å². The number of fused-ring (bicyclic) bond motifs is 6. The van der Waals surface area contributed by atoms with Crippen molar-refractivity contribution in [2.75, 3.05) is 100 Å². The molecule has 6 aliphatic rings. The molecule has 0 bridgehead atoms. The standard InChI is InChI=1S/C18H15F6NO2.C17H18ClNO4.C16H15Cl2NO2.C16H13ClF3NO2.C16H16ClNO3.C15H12Cl3NO2/c1-9-4-13(16-15(5-9)26-8-11(7-25)27-16)12-3-2-10(17(19,20)21)6-14(12)18(22,23)24;1-20-14-5-3-4-12(16(14)21-2)13-6-10(18)7-15-17(13)23-11(8-19)9-22-15;1-9-4-10(17)2-3-13(9)14-5-11(18)6-15-16(14)21-12(7-19)8-20-15;17-9-5-12(11-3-1-2-4-13(11)16(18,19)20)15-14(6-9)22-8-10(7-21)23-15;1-19-14-5-3-2-4-12(14)13-6-10(17)7-15-16(13)21-11(8-18)9-20-15;16-8-1-2-11(13(18)4-8)12-3-9(17)5-14-15(12)21-10(6-19)7-20-14/h2-6,11H,7-8,25H2,1H3;3-7,11H,8-9,19H2,1-2H3;2-6,12H,7-8,19H2,1H3;1-6,10H,7-8,21H2;2-7,11H,8-9,18H2,1H3;1-5,10H,6-7,19H2/t2*11-;12-;10-;11-;10-/m000000/s1. The van der Waals surface area contributed by atoms with E-state index in [1.807, 2.05) is 91.9 Å². The molecule has 0 saturated carbocycles. The average molecular weight is 2050 g/mol. The third kappa shape index (κ3) is 24.4. The van der Waals surface area contributed by atoms with Crippen LogP contribution in [0.15, 0.2) is 194 Å². The molecule has 0 aliphatic carbocycles. The number of benzene rings is 12. The fourth-order valence-electron chi connectivity index (χ4n) is 14.9. The van der Waals surface area contributed by atoms with E-state index < -0.39 is 53.0 Å². The van der Waals surface area contributed by atoms with E-state index in [4.69, 9.17) is 198 Å². The normalized spacial score (nSPS) is 16.8. The smallest absolute Gasteiger partial charge is 0.417 e. The molecule has 6 heterocycles. The summed E-state index contributed by atoms with van der Waals surface area (Å²) in [7, 11) is 4.83. The van der Waals surface area contributed by atoms with Gasteiger partial charge in [-0.15, -0.1) is 0 Å². The Morgan fingerprint density at radius 1 is 0.279 bits per heavy atom. The van der Waals surface area contributed by atoms with Gasteiger partial charge in [0.15, 0.2) is 80.5 Å². The number of nitrogens with two attached hydrogens (primary N) is 6. The lowest BCUT2D eigenvalue weighted by Gasteiger charge is -2.28. The molecule has 720 valence electrons. The fraction of sp³-hybridized carbons (Fsp3) is 0.265. The first-order valence-corrected chi connectivity index (χ1v) is 44.8. The van der Waals surface area contributed by atoms with Crippen molar-refractivity contribution in [2.45, 2.75) is 69.0 Å². The summed E-state index contributed by atoms with van der Waals surface area (Å²) in [5.41, 5.74) is 38.5. The SMILES string of the molecule is COc1cccc(-c2cc(Cl)cc3c2O[C@@H](CN)CO3)c1OC.COc1ccccc1-c1cc(Cl)cc2c1O[C@@H](CN)CO2.Cc1cc(Cl)ccc1-c1cc(Cl)cc2c1O[C@@H](CN)CO2.Cc1cc2c(c(-c3ccc(C(F)(F)F)cc3C(F)(F)F)c1)O[C@@H](CN)CO2.NC[C@H]1COc2cc(Cl)cc(-c3ccc(Cl)cc3Cl)c2O1.NC[C@H]1COc2cc(Cl)cc(-c3ccccc3C(F)(F)F)c2O1. The van der Waals surface area contributed by atoms with Crippen LogP contribution >= 0.6 is 92.8 Å². The van der Waals surface area contributed by atoms with Gasteiger partial charge in [-0.1, -0.05) is 160 Å². The van der Waals surface area contributed by atoms with Crippen molar-refractivity contribution >= 4 is 92.8 Å². The predicted molar refractivity (Wildman–Crippen MR) is 509 cm³/mol. The molecule has 0 fully saturated rings. The summed E-state index contributed by atoms with van der Waals surface area (Å²) in [5, 5.41) is 4.34. The van der Waals surface area contributed by atoms with Gasteiger partial charge in [-0.3, -0.25) is 0 Å². The van der Waals surface area contributed by atoms with E-state index in [0.29, 0.717) is 163 Å². The number of hydrogen-bond acceptors (Lipinski definition) is 21. The molecule has 136 heavy (non-hydrogen) atoms. The Kier molecular flexibility index (Phi) is 34.0. The minimum absolute atomic E-state index is 0.00389. The summed E-state index contributed by atoms with van der Waals surface area (Å²) < 4.78 is 204. The summed E-state index contributed by atoms with van der Waals surface area (Å²) in [6.45, 7) is 7.47. The van der Waals surface area contributed by atoms with Gasteiger partial charge in [0.05, 0.1) is 43.0 Å². The number of ether oxygens (including phenoxy) is 15. The first kappa shape index (κ1) is 102. The number of alkyl halides is 9. The molecular formula is C98H89Cl8F9N6O15. The molecule has 12 aromatic carbocycles. The topological polar surface area (TPSA) is 295 Å². The van der Waals surface area contributed by atoms with Crippen molar-refractivity contribution in [3.05, 3.63) is 262 Å². The van der Waals surface area contributed by atoms with E-state index in [1.54, 1.807) is 76.8 Å². The van der Waals surface area contributed by atoms with E-state index in [2.05, 4.69) is 0 Å². The maximum Gasteiger partial charge on any atom is 0.417 e. The molecule has 0 saturated heterocycles. The highest BCUT2D eigenvalue weighted by molar-refractivity contribution is 6.37. The number of hydrogen-bond donors (Lipinski definition) is 6. The van der Waals surface area contributed by atoms with Gasteiger partial charge >= 0.3 is 18.5 Å². The van der Waals surface area contributed by atoms with Gasteiger partial charge in [0, 0.05) is 155 Å². The van der Waals surface area contributed by atoms with E-state index >= 15 is 0 Å². The Labute approximate surface area is 816 Å². The second-order valence-corrected chi connectivity index (χ2v) is 34.3. The Balaban J connectivity index is 0.000000138. The zero-order chi connectivity index (χ0) is 97.8.